The van der Waals surface area contributed by atoms with Crippen molar-refractivity contribution < 1.29 is 14.2 Å². The SMILES string of the molecule is CCCCOC(c1ccc(OC)cc1)c1ccc(OC)cc1. The Morgan fingerprint density at radius 2 is 1.23 bits per heavy atom. The van der Waals surface area contributed by atoms with E-state index in [4.69, 9.17) is 14.2 Å². The third-order valence-electron chi connectivity index (χ3n) is 3.62. The minimum atomic E-state index is -0.0663. The van der Waals surface area contributed by atoms with Crippen molar-refractivity contribution in [2.45, 2.75) is 25.9 Å². The van der Waals surface area contributed by atoms with E-state index in [2.05, 4.69) is 31.2 Å². The van der Waals surface area contributed by atoms with Crippen LogP contribution in [0.15, 0.2) is 48.5 Å². The first-order valence-corrected chi connectivity index (χ1v) is 7.68. The molecule has 0 fully saturated rings. The first-order chi connectivity index (χ1) is 10.8. The molecule has 0 amide bonds. The van der Waals surface area contributed by atoms with E-state index in [-0.39, 0.29) is 6.10 Å². The van der Waals surface area contributed by atoms with Crippen LogP contribution in [0.1, 0.15) is 37.0 Å². The van der Waals surface area contributed by atoms with Gasteiger partial charge < -0.3 is 14.2 Å². The molecule has 0 aliphatic rings. The first-order valence-electron chi connectivity index (χ1n) is 7.68. The number of hydrogen-bond donors (Lipinski definition) is 0. The minimum Gasteiger partial charge on any atom is -0.497 e. The lowest BCUT2D eigenvalue weighted by Crippen LogP contribution is -2.07. The van der Waals surface area contributed by atoms with Gasteiger partial charge in [0.15, 0.2) is 0 Å². The number of unbranched alkanes of at least 4 members (excludes halogenated alkanes) is 1. The fourth-order valence-corrected chi connectivity index (χ4v) is 2.29. The third kappa shape index (κ3) is 4.25. The molecule has 0 unspecified atom stereocenters. The van der Waals surface area contributed by atoms with Crippen LogP contribution in [0.5, 0.6) is 11.5 Å². The highest BCUT2D eigenvalue weighted by Crippen LogP contribution is 2.29. The highest BCUT2D eigenvalue weighted by atomic mass is 16.5. The number of benzene rings is 2. The molecule has 0 saturated carbocycles. The van der Waals surface area contributed by atoms with E-state index in [0.717, 1.165) is 42.1 Å². The summed E-state index contributed by atoms with van der Waals surface area (Å²) in [4.78, 5) is 0. The number of methoxy groups -OCH3 is 2. The third-order valence-corrected chi connectivity index (χ3v) is 3.62. The van der Waals surface area contributed by atoms with Gasteiger partial charge in [-0.15, -0.1) is 0 Å². The maximum atomic E-state index is 6.12. The lowest BCUT2D eigenvalue weighted by Gasteiger charge is -2.19. The molecule has 0 aliphatic heterocycles. The van der Waals surface area contributed by atoms with Crippen LogP contribution in [-0.4, -0.2) is 20.8 Å². The molecular weight excluding hydrogens is 276 g/mol. The van der Waals surface area contributed by atoms with Gasteiger partial charge in [-0.2, -0.15) is 0 Å². The number of ether oxygens (including phenoxy) is 3. The highest BCUT2D eigenvalue weighted by molar-refractivity contribution is 5.36. The predicted molar refractivity (Wildman–Crippen MR) is 88.7 cm³/mol. The van der Waals surface area contributed by atoms with Crippen molar-refractivity contribution >= 4 is 0 Å². The highest BCUT2D eigenvalue weighted by Gasteiger charge is 2.15. The molecule has 2 rings (SSSR count). The minimum absolute atomic E-state index is 0.0663. The van der Waals surface area contributed by atoms with Gasteiger partial charge in [0.25, 0.3) is 0 Å². The summed E-state index contributed by atoms with van der Waals surface area (Å²) in [7, 11) is 3.35. The second-order valence-electron chi connectivity index (χ2n) is 5.15. The first kappa shape index (κ1) is 16.4. The molecule has 3 heteroatoms. The Hall–Kier alpha value is -2.00. The summed E-state index contributed by atoms with van der Waals surface area (Å²) < 4.78 is 16.6. The summed E-state index contributed by atoms with van der Waals surface area (Å²) in [6.07, 6.45) is 2.11. The van der Waals surface area contributed by atoms with Crippen LogP contribution < -0.4 is 9.47 Å². The molecule has 2 aromatic rings. The average molecular weight is 300 g/mol. The molecule has 0 aromatic heterocycles. The van der Waals surface area contributed by atoms with Gasteiger partial charge in [-0.25, -0.2) is 0 Å². The molecule has 0 N–H and O–H groups in total. The van der Waals surface area contributed by atoms with Gasteiger partial charge in [0.1, 0.15) is 17.6 Å². The van der Waals surface area contributed by atoms with Crippen LogP contribution in [-0.2, 0) is 4.74 Å². The second-order valence-corrected chi connectivity index (χ2v) is 5.15. The van der Waals surface area contributed by atoms with E-state index >= 15 is 0 Å². The summed E-state index contributed by atoms with van der Waals surface area (Å²) in [5.74, 6) is 1.71. The maximum absolute atomic E-state index is 6.12. The van der Waals surface area contributed by atoms with Gasteiger partial charge in [-0.05, 0) is 41.8 Å². The monoisotopic (exact) mass is 300 g/mol. The molecule has 2 aromatic carbocycles. The lowest BCUT2D eigenvalue weighted by atomic mass is 10.0. The van der Waals surface area contributed by atoms with Gasteiger partial charge in [-0.3, -0.25) is 0 Å². The fraction of sp³-hybridized carbons (Fsp3) is 0.368. The van der Waals surface area contributed by atoms with Crippen LogP contribution in [0.2, 0.25) is 0 Å². The van der Waals surface area contributed by atoms with Crippen LogP contribution in [0, 0.1) is 0 Å². The molecule has 0 atom stereocenters. The van der Waals surface area contributed by atoms with Crippen molar-refractivity contribution in [1.82, 2.24) is 0 Å². The number of rotatable bonds is 8. The van der Waals surface area contributed by atoms with Gasteiger partial charge >= 0.3 is 0 Å². The molecule has 22 heavy (non-hydrogen) atoms. The molecule has 118 valence electrons. The van der Waals surface area contributed by atoms with E-state index in [1.807, 2.05) is 24.3 Å². The van der Waals surface area contributed by atoms with Gasteiger partial charge in [-0.1, -0.05) is 37.6 Å². The average Bonchev–Trinajstić information content (AvgIpc) is 2.59. The topological polar surface area (TPSA) is 27.7 Å². The molecule has 0 bridgehead atoms. The standard InChI is InChI=1S/C19H24O3/c1-4-5-14-22-19(15-6-10-17(20-2)11-7-15)16-8-12-18(21-3)13-9-16/h6-13,19H,4-5,14H2,1-3H3. The summed E-state index contributed by atoms with van der Waals surface area (Å²) in [6.45, 7) is 2.92. The fourth-order valence-electron chi connectivity index (χ4n) is 2.29. The summed E-state index contributed by atoms with van der Waals surface area (Å²) >= 11 is 0. The van der Waals surface area contributed by atoms with Crippen molar-refractivity contribution in [2.75, 3.05) is 20.8 Å². The zero-order valence-corrected chi connectivity index (χ0v) is 13.5. The van der Waals surface area contributed by atoms with E-state index in [1.165, 1.54) is 0 Å². The molecule has 0 aliphatic carbocycles. The number of hydrogen-bond acceptors (Lipinski definition) is 3. The quantitative estimate of drug-likeness (QED) is 0.666. The Morgan fingerprint density at radius 1 is 0.773 bits per heavy atom. The molecule has 0 heterocycles. The summed E-state index contributed by atoms with van der Waals surface area (Å²) in [6, 6.07) is 16.1. The zero-order chi connectivity index (χ0) is 15.8. The van der Waals surface area contributed by atoms with Crippen LogP contribution >= 0.6 is 0 Å². The second kappa shape index (κ2) is 8.44. The van der Waals surface area contributed by atoms with Gasteiger partial charge in [0, 0.05) is 6.61 Å². The van der Waals surface area contributed by atoms with E-state index in [9.17, 15) is 0 Å². The summed E-state index contributed by atoms with van der Waals surface area (Å²) in [5.41, 5.74) is 2.25. The van der Waals surface area contributed by atoms with Crippen LogP contribution in [0.3, 0.4) is 0 Å². The van der Waals surface area contributed by atoms with Crippen molar-refractivity contribution in [3.05, 3.63) is 59.7 Å². The van der Waals surface area contributed by atoms with Crippen molar-refractivity contribution in [3.8, 4) is 11.5 Å². The molecule has 0 saturated heterocycles. The molecule has 3 nitrogen and oxygen atoms in total. The van der Waals surface area contributed by atoms with Crippen LogP contribution in [0.4, 0.5) is 0 Å². The molecule has 0 radical (unpaired) electrons. The lowest BCUT2D eigenvalue weighted by molar-refractivity contribution is 0.0778. The Morgan fingerprint density at radius 3 is 1.59 bits per heavy atom. The molecule has 0 spiro atoms. The normalized spacial score (nSPS) is 10.7. The maximum Gasteiger partial charge on any atom is 0.118 e. The van der Waals surface area contributed by atoms with Gasteiger partial charge in [0.2, 0.25) is 0 Å². The Balaban J connectivity index is 2.23. The van der Waals surface area contributed by atoms with E-state index < -0.39 is 0 Å². The zero-order valence-electron chi connectivity index (χ0n) is 13.5. The van der Waals surface area contributed by atoms with E-state index in [0.29, 0.717) is 0 Å². The largest absolute Gasteiger partial charge is 0.497 e. The van der Waals surface area contributed by atoms with Crippen molar-refractivity contribution in [2.24, 2.45) is 0 Å². The molecular formula is C19H24O3. The van der Waals surface area contributed by atoms with Crippen LogP contribution in [0.25, 0.3) is 0 Å². The van der Waals surface area contributed by atoms with Gasteiger partial charge in [0.05, 0.1) is 14.2 Å². The smallest absolute Gasteiger partial charge is 0.118 e. The van der Waals surface area contributed by atoms with Crippen molar-refractivity contribution in [1.29, 1.82) is 0 Å². The Bertz CT molecular complexity index is 498. The Labute approximate surface area is 132 Å². The van der Waals surface area contributed by atoms with Crippen molar-refractivity contribution in [3.63, 3.8) is 0 Å². The predicted octanol–water partition coefficient (Wildman–Crippen LogP) is 4.61. The van der Waals surface area contributed by atoms with E-state index in [1.54, 1.807) is 14.2 Å². The summed E-state index contributed by atoms with van der Waals surface area (Å²) in [5, 5.41) is 0. The Kier molecular flexibility index (Phi) is 6.28.